The number of halogens is 4. The lowest BCUT2D eigenvalue weighted by Gasteiger charge is -2.17. The molecule has 0 unspecified atom stereocenters. The number of hydrogen-bond acceptors (Lipinski definition) is 7. The van der Waals surface area contributed by atoms with Crippen LogP contribution in [-0.2, 0) is 6.42 Å². The first-order valence-corrected chi connectivity index (χ1v) is 12.3. The number of hydrogen-bond donors (Lipinski definition) is 2. The molecule has 5 rings (SSSR count). The van der Waals surface area contributed by atoms with E-state index in [0.717, 1.165) is 41.2 Å². The largest absolute Gasteiger partial charge is 0.573 e. The van der Waals surface area contributed by atoms with Gasteiger partial charge in [0.05, 0.1) is 18.5 Å². The molecule has 4 aromatic rings. The molecule has 38 heavy (non-hydrogen) atoms. The third-order valence-corrected chi connectivity index (χ3v) is 6.37. The Morgan fingerprint density at radius 1 is 1.13 bits per heavy atom. The second kappa shape index (κ2) is 10.4. The lowest BCUT2D eigenvalue weighted by molar-refractivity contribution is -0.274. The average molecular weight is 545 g/mol. The fourth-order valence-electron chi connectivity index (χ4n) is 4.59. The van der Waals surface area contributed by atoms with Crippen molar-refractivity contribution >= 4 is 29.1 Å². The first-order valence-electron chi connectivity index (χ1n) is 11.9. The molecule has 0 amide bonds. The Labute approximate surface area is 221 Å². The van der Waals surface area contributed by atoms with Crippen LogP contribution in [0.2, 0.25) is 5.15 Å². The van der Waals surface area contributed by atoms with E-state index < -0.39 is 6.36 Å². The number of anilines is 3. The standard InChI is InChI=1S/C26H24ClF3N6O2/c1-3-31-24-19-10-9-18(15-4-7-17(8-5-15)38-26(28,29)30)23(19)34-25(35-24)33-16-6-11-20(21(12-16)37-2)36-13-22(27)32-14-36/h4-8,11-14,18H,3,9-10H2,1-2H3,(H2,31,33,34,35)/t18-/m0/s1. The Morgan fingerprint density at radius 3 is 2.58 bits per heavy atom. The summed E-state index contributed by atoms with van der Waals surface area (Å²) in [5, 5.41) is 6.94. The lowest BCUT2D eigenvalue weighted by atomic mass is 9.96. The van der Waals surface area contributed by atoms with Gasteiger partial charge < -0.3 is 24.7 Å². The number of methoxy groups -OCH3 is 1. The Balaban J connectivity index is 1.44. The minimum absolute atomic E-state index is 0.0891. The summed E-state index contributed by atoms with van der Waals surface area (Å²) in [7, 11) is 1.58. The van der Waals surface area contributed by atoms with E-state index in [9.17, 15) is 13.2 Å². The summed E-state index contributed by atoms with van der Waals surface area (Å²) in [5.41, 5.74) is 4.17. The Hall–Kier alpha value is -3.99. The number of aromatic nitrogens is 4. The van der Waals surface area contributed by atoms with Gasteiger partial charge in [-0.3, -0.25) is 0 Å². The summed E-state index contributed by atoms with van der Waals surface area (Å²) < 4.78 is 49.0. The van der Waals surface area contributed by atoms with Crippen molar-refractivity contribution in [3.63, 3.8) is 0 Å². The summed E-state index contributed by atoms with van der Waals surface area (Å²) >= 11 is 5.96. The zero-order valence-corrected chi connectivity index (χ0v) is 21.3. The van der Waals surface area contributed by atoms with Crippen molar-refractivity contribution in [1.82, 2.24) is 19.5 Å². The van der Waals surface area contributed by atoms with Crippen LogP contribution in [-0.4, -0.2) is 39.5 Å². The van der Waals surface area contributed by atoms with Gasteiger partial charge in [0, 0.05) is 36.0 Å². The predicted octanol–water partition coefficient (Wildman–Crippen LogP) is 6.48. The second-order valence-corrected chi connectivity index (χ2v) is 9.00. The molecule has 1 aliphatic carbocycles. The van der Waals surface area contributed by atoms with E-state index in [1.54, 1.807) is 36.3 Å². The maximum atomic E-state index is 12.6. The molecule has 0 saturated carbocycles. The number of imidazole rings is 1. The monoisotopic (exact) mass is 544 g/mol. The van der Waals surface area contributed by atoms with E-state index in [0.29, 0.717) is 29.1 Å². The summed E-state index contributed by atoms with van der Waals surface area (Å²) in [6.07, 6.45) is 0.0612. The molecule has 0 aliphatic heterocycles. The van der Waals surface area contributed by atoms with Crippen molar-refractivity contribution in [1.29, 1.82) is 0 Å². The molecule has 0 fully saturated rings. The zero-order chi connectivity index (χ0) is 26.9. The average Bonchev–Trinajstić information content (AvgIpc) is 3.50. The molecular formula is C26H24ClF3N6O2. The van der Waals surface area contributed by atoms with Gasteiger partial charge in [-0.05, 0) is 49.6 Å². The fraction of sp³-hybridized carbons (Fsp3) is 0.269. The van der Waals surface area contributed by atoms with E-state index in [4.69, 9.17) is 26.3 Å². The van der Waals surface area contributed by atoms with Crippen LogP contribution in [0.1, 0.15) is 36.1 Å². The molecule has 0 bridgehead atoms. The first-order chi connectivity index (χ1) is 18.2. The smallest absolute Gasteiger partial charge is 0.494 e. The highest BCUT2D eigenvalue weighted by Crippen LogP contribution is 2.41. The molecule has 2 aromatic carbocycles. The molecule has 198 valence electrons. The highest BCUT2D eigenvalue weighted by atomic mass is 35.5. The minimum atomic E-state index is -4.73. The van der Waals surface area contributed by atoms with E-state index in [1.165, 1.54) is 12.1 Å². The molecule has 12 heteroatoms. The van der Waals surface area contributed by atoms with Crippen molar-refractivity contribution < 1.29 is 22.6 Å². The van der Waals surface area contributed by atoms with Crippen LogP contribution < -0.4 is 20.1 Å². The maximum absolute atomic E-state index is 12.6. The molecule has 2 heterocycles. The van der Waals surface area contributed by atoms with E-state index in [2.05, 4.69) is 20.4 Å². The van der Waals surface area contributed by atoms with Crippen LogP contribution in [0.15, 0.2) is 55.0 Å². The van der Waals surface area contributed by atoms with Gasteiger partial charge in [0.1, 0.15) is 28.8 Å². The third-order valence-electron chi connectivity index (χ3n) is 6.18. The summed E-state index contributed by atoms with van der Waals surface area (Å²) in [4.78, 5) is 13.6. The molecule has 0 spiro atoms. The quantitative estimate of drug-likeness (QED) is 0.263. The Kier molecular flexibility index (Phi) is 7.02. The zero-order valence-electron chi connectivity index (χ0n) is 20.5. The van der Waals surface area contributed by atoms with Crippen molar-refractivity contribution in [3.8, 4) is 17.2 Å². The number of alkyl halides is 3. The Morgan fingerprint density at radius 2 is 1.92 bits per heavy atom. The molecule has 8 nitrogen and oxygen atoms in total. The molecule has 2 aromatic heterocycles. The lowest BCUT2D eigenvalue weighted by Crippen LogP contribution is -2.17. The van der Waals surface area contributed by atoms with Crippen LogP contribution in [0.25, 0.3) is 5.69 Å². The van der Waals surface area contributed by atoms with Crippen LogP contribution >= 0.6 is 11.6 Å². The fourth-order valence-corrected chi connectivity index (χ4v) is 4.73. The molecule has 1 aliphatic rings. The van der Waals surface area contributed by atoms with Gasteiger partial charge in [0.25, 0.3) is 0 Å². The van der Waals surface area contributed by atoms with E-state index >= 15 is 0 Å². The predicted molar refractivity (Wildman–Crippen MR) is 138 cm³/mol. The van der Waals surface area contributed by atoms with Gasteiger partial charge in [-0.25, -0.2) is 9.97 Å². The third kappa shape index (κ3) is 5.47. The summed E-state index contributed by atoms with van der Waals surface area (Å²) in [6, 6.07) is 11.5. The number of benzene rings is 2. The molecule has 1 atom stereocenters. The maximum Gasteiger partial charge on any atom is 0.573 e. The van der Waals surface area contributed by atoms with Gasteiger partial charge >= 0.3 is 6.36 Å². The van der Waals surface area contributed by atoms with Crippen molar-refractivity contribution in [2.24, 2.45) is 0 Å². The number of nitrogens with one attached hydrogen (secondary N) is 2. The SMILES string of the molecule is CCNc1nc(Nc2ccc(-n3cnc(Cl)c3)c(OC)c2)nc2c1CC[C@H]2c1ccc(OC(F)(F)F)cc1. The second-order valence-electron chi connectivity index (χ2n) is 8.61. The summed E-state index contributed by atoms with van der Waals surface area (Å²) in [6.45, 7) is 2.66. The van der Waals surface area contributed by atoms with Crippen LogP contribution in [0.5, 0.6) is 11.5 Å². The van der Waals surface area contributed by atoms with Gasteiger partial charge in [-0.15, -0.1) is 13.2 Å². The van der Waals surface area contributed by atoms with Crippen LogP contribution in [0.3, 0.4) is 0 Å². The van der Waals surface area contributed by atoms with Crippen molar-refractivity contribution in [2.45, 2.75) is 32.0 Å². The first kappa shape index (κ1) is 25.7. The van der Waals surface area contributed by atoms with Gasteiger partial charge in [0.15, 0.2) is 0 Å². The van der Waals surface area contributed by atoms with Crippen molar-refractivity contribution in [2.75, 3.05) is 24.3 Å². The normalized spacial score (nSPS) is 14.7. The van der Waals surface area contributed by atoms with Crippen LogP contribution in [0, 0.1) is 0 Å². The molecule has 0 saturated heterocycles. The number of nitrogens with zero attached hydrogens (tertiary/aromatic N) is 4. The topological polar surface area (TPSA) is 86.1 Å². The minimum Gasteiger partial charge on any atom is -0.494 e. The van der Waals surface area contributed by atoms with Gasteiger partial charge in [0.2, 0.25) is 5.95 Å². The highest BCUT2D eigenvalue weighted by Gasteiger charge is 2.32. The molecular weight excluding hydrogens is 521 g/mol. The van der Waals surface area contributed by atoms with Gasteiger partial charge in [-0.1, -0.05) is 23.7 Å². The number of fused-ring (bicyclic) bond motifs is 1. The number of ether oxygens (including phenoxy) is 2. The van der Waals surface area contributed by atoms with Crippen LogP contribution in [0.4, 0.5) is 30.6 Å². The highest BCUT2D eigenvalue weighted by molar-refractivity contribution is 6.29. The number of rotatable bonds is 8. The van der Waals surface area contributed by atoms with Gasteiger partial charge in [-0.2, -0.15) is 4.98 Å². The van der Waals surface area contributed by atoms with Crippen molar-refractivity contribution in [3.05, 3.63) is 77.0 Å². The molecule has 2 N–H and O–H groups in total. The summed E-state index contributed by atoms with van der Waals surface area (Å²) in [5.74, 6) is 1.37. The molecule has 0 radical (unpaired) electrons. The van der Waals surface area contributed by atoms with E-state index in [1.807, 2.05) is 25.1 Å². The Bertz CT molecular complexity index is 1440. The van der Waals surface area contributed by atoms with E-state index in [-0.39, 0.29) is 11.7 Å².